The molecule has 0 aliphatic rings. The number of aromatic nitrogens is 1. The van der Waals surface area contributed by atoms with Gasteiger partial charge < -0.3 is 14.9 Å². The van der Waals surface area contributed by atoms with E-state index < -0.39 is 5.54 Å². The summed E-state index contributed by atoms with van der Waals surface area (Å²) >= 11 is 14.0. The van der Waals surface area contributed by atoms with Crippen LogP contribution in [0.25, 0.3) is 10.9 Å². The van der Waals surface area contributed by atoms with Gasteiger partial charge in [0.25, 0.3) is 0 Å². The monoisotopic (exact) mass is 491 g/mol. The predicted octanol–water partition coefficient (Wildman–Crippen LogP) is 4.59. The molecule has 0 aliphatic carbocycles. The van der Waals surface area contributed by atoms with Gasteiger partial charge in [0.15, 0.2) is 0 Å². The molecule has 0 saturated heterocycles. The first-order chi connectivity index (χ1) is 11.7. The number of hydrogen-bond donors (Lipinski definition) is 1. The lowest BCUT2D eigenvalue weighted by molar-refractivity contribution is 0.212. The minimum atomic E-state index is -0.453. The third-order valence-corrected chi connectivity index (χ3v) is 4.60. The predicted molar refractivity (Wildman–Crippen MR) is 115 cm³/mol. The molecule has 134 valence electrons. The van der Waals surface area contributed by atoms with Crippen LogP contribution in [0, 0.1) is 3.57 Å². The number of ether oxygens (including phenoxy) is 1. The van der Waals surface area contributed by atoms with E-state index >= 15 is 0 Å². The van der Waals surface area contributed by atoms with Crippen molar-refractivity contribution < 1.29 is 9.57 Å². The Morgan fingerprint density at radius 2 is 2.16 bits per heavy atom. The molecule has 5 nitrogen and oxygen atoms in total. The van der Waals surface area contributed by atoms with Crippen molar-refractivity contribution in [2.75, 3.05) is 7.11 Å². The molecule has 0 radical (unpaired) electrons. The number of nitrogens with zero attached hydrogens (tertiary/aromatic N) is 2. The first-order valence-corrected chi connectivity index (χ1v) is 9.39. The molecule has 0 aliphatic heterocycles. The number of benzene rings is 1. The molecule has 2 rings (SSSR count). The Bertz CT molecular complexity index is 814. The number of oxime groups is 1. The topological polar surface area (TPSA) is 55.7 Å². The number of thiocarbonyl (C=S) groups is 1. The Morgan fingerprint density at radius 1 is 1.44 bits per heavy atom. The summed E-state index contributed by atoms with van der Waals surface area (Å²) in [6.45, 7) is 5.76. The Morgan fingerprint density at radius 3 is 2.84 bits per heavy atom. The summed E-state index contributed by atoms with van der Waals surface area (Å²) < 4.78 is 6.99. The third-order valence-electron chi connectivity index (χ3n) is 3.29. The Hall–Kier alpha value is -1.19. The molecule has 2 aromatic rings. The van der Waals surface area contributed by atoms with E-state index in [4.69, 9.17) is 33.4 Å². The SMILES string of the molecule is CON=CC(C)(C)NC(=S)C(C)Oc1cc(Cl)c2ncc(I)cc2c1. The fraction of sp³-hybridized carbons (Fsp3) is 0.353. The number of halogens is 2. The number of fused-ring (bicyclic) bond motifs is 1. The average Bonchev–Trinajstić information content (AvgIpc) is 2.52. The Balaban J connectivity index is 2.14. The van der Waals surface area contributed by atoms with E-state index in [9.17, 15) is 0 Å². The van der Waals surface area contributed by atoms with E-state index in [2.05, 4.69) is 38.0 Å². The number of nitrogens with one attached hydrogen (secondary N) is 1. The van der Waals surface area contributed by atoms with E-state index in [1.54, 1.807) is 18.5 Å². The highest BCUT2D eigenvalue weighted by atomic mass is 127. The first kappa shape index (κ1) is 20.1. The summed E-state index contributed by atoms with van der Waals surface area (Å²) in [6.07, 6.45) is 3.09. The summed E-state index contributed by atoms with van der Waals surface area (Å²) in [5.41, 5.74) is 0.297. The molecule has 0 saturated carbocycles. The quantitative estimate of drug-likeness (QED) is 0.277. The zero-order valence-electron chi connectivity index (χ0n) is 14.3. The second-order valence-corrected chi connectivity index (χ2v) is 8.11. The zero-order chi connectivity index (χ0) is 18.6. The lowest BCUT2D eigenvalue weighted by Crippen LogP contribution is -2.48. The molecular formula is C17H19ClIN3O2S. The van der Waals surface area contributed by atoms with Crippen LogP contribution in [0.2, 0.25) is 5.02 Å². The van der Waals surface area contributed by atoms with Gasteiger partial charge in [0, 0.05) is 21.2 Å². The summed E-state index contributed by atoms with van der Waals surface area (Å²) in [5, 5.41) is 8.45. The van der Waals surface area contributed by atoms with Crippen molar-refractivity contribution in [3.8, 4) is 5.75 Å². The van der Waals surface area contributed by atoms with Crippen LogP contribution >= 0.6 is 46.4 Å². The van der Waals surface area contributed by atoms with E-state index in [-0.39, 0.29) is 6.10 Å². The molecule has 1 unspecified atom stereocenters. The fourth-order valence-corrected chi connectivity index (χ4v) is 3.17. The third kappa shape index (κ3) is 5.65. The Labute approximate surface area is 171 Å². The smallest absolute Gasteiger partial charge is 0.146 e. The van der Waals surface area contributed by atoms with Crippen LogP contribution in [0.3, 0.4) is 0 Å². The molecule has 1 aromatic carbocycles. The maximum atomic E-state index is 6.32. The summed E-state index contributed by atoms with van der Waals surface area (Å²) in [5.74, 6) is 0.640. The van der Waals surface area contributed by atoms with E-state index in [0.29, 0.717) is 15.8 Å². The highest BCUT2D eigenvalue weighted by molar-refractivity contribution is 14.1. The lowest BCUT2D eigenvalue weighted by Gasteiger charge is -2.26. The van der Waals surface area contributed by atoms with Crippen LogP contribution in [0.5, 0.6) is 5.75 Å². The molecule has 1 aromatic heterocycles. The molecule has 25 heavy (non-hydrogen) atoms. The van der Waals surface area contributed by atoms with Gasteiger partial charge in [-0.15, -0.1) is 0 Å². The zero-order valence-corrected chi connectivity index (χ0v) is 18.1. The van der Waals surface area contributed by atoms with Gasteiger partial charge in [-0.3, -0.25) is 4.98 Å². The van der Waals surface area contributed by atoms with E-state index in [1.807, 2.05) is 32.9 Å². The second kappa shape index (κ2) is 8.46. The molecule has 0 spiro atoms. The van der Waals surface area contributed by atoms with Crippen LogP contribution < -0.4 is 10.1 Å². The van der Waals surface area contributed by atoms with Gasteiger partial charge in [-0.2, -0.15) is 0 Å². The highest BCUT2D eigenvalue weighted by Gasteiger charge is 2.21. The van der Waals surface area contributed by atoms with Gasteiger partial charge >= 0.3 is 0 Å². The van der Waals surface area contributed by atoms with Gasteiger partial charge in [0.2, 0.25) is 0 Å². The maximum Gasteiger partial charge on any atom is 0.146 e. The molecule has 8 heteroatoms. The molecule has 1 atom stereocenters. The first-order valence-electron chi connectivity index (χ1n) is 7.53. The normalized spacial score (nSPS) is 13.0. The molecule has 1 N–H and O–H groups in total. The van der Waals surface area contributed by atoms with Crippen molar-refractivity contribution in [1.29, 1.82) is 0 Å². The maximum absolute atomic E-state index is 6.32. The second-order valence-electron chi connectivity index (χ2n) is 6.02. The molecule has 0 amide bonds. The summed E-state index contributed by atoms with van der Waals surface area (Å²) in [6, 6.07) is 5.67. The number of hydrogen-bond acceptors (Lipinski definition) is 5. The summed E-state index contributed by atoms with van der Waals surface area (Å²) in [7, 11) is 1.50. The van der Waals surface area contributed by atoms with Gasteiger partial charge in [-0.25, -0.2) is 0 Å². The minimum absolute atomic E-state index is 0.338. The van der Waals surface area contributed by atoms with E-state index in [1.165, 1.54) is 7.11 Å². The van der Waals surface area contributed by atoms with Crippen molar-refractivity contribution in [2.45, 2.75) is 32.4 Å². The van der Waals surface area contributed by atoms with Gasteiger partial charge in [0.05, 0.1) is 22.3 Å². The largest absolute Gasteiger partial charge is 0.484 e. The highest BCUT2D eigenvalue weighted by Crippen LogP contribution is 2.29. The van der Waals surface area contributed by atoms with Crippen molar-refractivity contribution >= 4 is 68.5 Å². The standard InChI is InChI=1S/C17H19ClIN3O2S/c1-10(16(25)22-17(2,3)9-21-23-4)24-13-6-11-5-12(19)8-20-15(11)14(18)7-13/h5-10H,1-4H3,(H,22,25). The number of rotatable bonds is 6. The van der Waals surface area contributed by atoms with Crippen molar-refractivity contribution in [3.05, 3.63) is 33.0 Å². The van der Waals surface area contributed by atoms with Crippen LogP contribution in [-0.2, 0) is 4.84 Å². The molecule has 1 heterocycles. The van der Waals surface area contributed by atoms with Gasteiger partial charge in [-0.05, 0) is 55.5 Å². The Kier molecular flexibility index (Phi) is 6.81. The van der Waals surface area contributed by atoms with Gasteiger partial charge in [-0.1, -0.05) is 29.0 Å². The number of pyridine rings is 1. The van der Waals surface area contributed by atoms with E-state index in [0.717, 1.165) is 14.5 Å². The van der Waals surface area contributed by atoms with Crippen LogP contribution in [0.4, 0.5) is 0 Å². The van der Waals surface area contributed by atoms with Crippen molar-refractivity contribution in [1.82, 2.24) is 10.3 Å². The molecule has 0 bridgehead atoms. The molecule has 0 fully saturated rings. The summed E-state index contributed by atoms with van der Waals surface area (Å²) in [4.78, 5) is 9.63. The van der Waals surface area contributed by atoms with Crippen LogP contribution in [0.15, 0.2) is 29.6 Å². The average molecular weight is 492 g/mol. The van der Waals surface area contributed by atoms with Crippen molar-refractivity contribution in [2.24, 2.45) is 5.16 Å². The van der Waals surface area contributed by atoms with Crippen LogP contribution in [0.1, 0.15) is 20.8 Å². The molecular weight excluding hydrogens is 473 g/mol. The van der Waals surface area contributed by atoms with Crippen LogP contribution in [-0.4, -0.2) is 34.9 Å². The minimum Gasteiger partial charge on any atom is -0.484 e. The van der Waals surface area contributed by atoms with Crippen molar-refractivity contribution in [3.63, 3.8) is 0 Å². The van der Waals surface area contributed by atoms with Gasteiger partial charge in [0.1, 0.15) is 24.0 Å². The lowest BCUT2D eigenvalue weighted by atomic mass is 10.1. The fourth-order valence-electron chi connectivity index (χ4n) is 2.11.